The van der Waals surface area contributed by atoms with Crippen LogP contribution >= 0.6 is 11.3 Å². The summed E-state index contributed by atoms with van der Waals surface area (Å²) in [5.41, 5.74) is 0. The van der Waals surface area contributed by atoms with E-state index in [4.69, 9.17) is 9.15 Å². The number of hydrogen-bond acceptors (Lipinski definition) is 8. The lowest BCUT2D eigenvalue weighted by molar-refractivity contribution is 0.0685. The zero-order valence-corrected chi connectivity index (χ0v) is 16.9. The molecule has 0 bridgehead atoms. The maximum Gasteiger partial charge on any atom is 0.409 e. The second kappa shape index (κ2) is 7.44. The lowest BCUT2D eigenvalue weighted by Crippen LogP contribution is -2.49. The number of rotatable bonds is 4. The first-order chi connectivity index (χ1) is 13.5. The normalized spacial score (nSPS) is 16.6. The first-order valence-electron chi connectivity index (χ1n) is 9.25. The second-order valence-corrected chi connectivity index (χ2v) is 7.73. The van der Waals surface area contributed by atoms with E-state index >= 15 is 0 Å². The Balaban J connectivity index is 1.64. The summed E-state index contributed by atoms with van der Waals surface area (Å²) in [5.74, 6) is 2.24. The van der Waals surface area contributed by atoms with Crippen LogP contribution in [0.5, 0.6) is 5.88 Å². The van der Waals surface area contributed by atoms with E-state index in [-0.39, 0.29) is 18.0 Å². The summed E-state index contributed by atoms with van der Waals surface area (Å²) in [6.45, 7) is 8.22. The highest BCUT2D eigenvalue weighted by atomic mass is 32.1. The maximum absolute atomic E-state index is 12.0. The number of carbonyl (C=O) groups excluding carboxylic acids is 1. The SMILES string of the molecule is CCOC(=O)N1CCN([C@@H](c2ccc(C)o2)c2sc3nc(C)nn3c2O)CC1. The summed E-state index contributed by atoms with van der Waals surface area (Å²) < 4.78 is 12.5. The maximum atomic E-state index is 12.0. The molecule has 4 heterocycles. The largest absolute Gasteiger partial charge is 0.492 e. The van der Waals surface area contributed by atoms with Gasteiger partial charge in [-0.15, -0.1) is 5.10 Å². The molecule has 3 aromatic rings. The third kappa shape index (κ3) is 3.33. The first-order valence-corrected chi connectivity index (χ1v) is 10.1. The van der Waals surface area contributed by atoms with Crippen molar-refractivity contribution in [1.82, 2.24) is 24.4 Å². The van der Waals surface area contributed by atoms with Gasteiger partial charge in [0, 0.05) is 26.2 Å². The highest BCUT2D eigenvalue weighted by Gasteiger charge is 2.34. The summed E-state index contributed by atoms with van der Waals surface area (Å²) in [5, 5.41) is 15.1. The van der Waals surface area contributed by atoms with Crippen molar-refractivity contribution in [2.24, 2.45) is 0 Å². The number of thiazole rings is 1. The molecule has 1 N–H and O–H groups in total. The minimum absolute atomic E-state index is 0.0764. The van der Waals surface area contributed by atoms with Crippen molar-refractivity contribution in [1.29, 1.82) is 0 Å². The van der Waals surface area contributed by atoms with Gasteiger partial charge in [0.25, 0.3) is 0 Å². The number of ether oxygens (including phenoxy) is 1. The number of fused-ring (bicyclic) bond motifs is 1. The van der Waals surface area contributed by atoms with Gasteiger partial charge in [-0.1, -0.05) is 11.3 Å². The minimum Gasteiger partial charge on any atom is -0.492 e. The van der Waals surface area contributed by atoms with Crippen molar-refractivity contribution >= 4 is 22.4 Å². The predicted molar refractivity (Wildman–Crippen MR) is 103 cm³/mol. The zero-order chi connectivity index (χ0) is 19.8. The Morgan fingerprint density at radius 1 is 1.32 bits per heavy atom. The quantitative estimate of drug-likeness (QED) is 0.712. The van der Waals surface area contributed by atoms with Crippen LogP contribution in [-0.4, -0.2) is 68.4 Å². The molecular formula is C18H23N5O4S. The standard InChI is InChI=1S/C18H23N5O4S/c1-4-26-18(25)22-9-7-21(8-10-22)14(13-6-5-11(2)27-13)15-16(24)23-17(28-15)19-12(3)20-23/h5-6,14,24H,4,7-10H2,1-3H3/t14-/m0/s1. The molecule has 10 heteroatoms. The number of nitrogens with zero attached hydrogens (tertiary/aromatic N) is 5. The molecule has 0 spiro atoms. The molecule has 0 unspecified atom stereocenters. The molecule has 1 amide bonds. The van der Waals surface area contributed by atoms with Gasteiger partial charge in [0.2, 0.25) is 10.8 Å². The summed E-state index contributed by atoms with van der Waals surface area (Å²) in [4.78, 5) is 21.6. The molecule has 1 atom stereocenters. The molecule has 4 rings (SSSR count). The fourth-order valence-corrected chi connectivity index (χ4v) is 4.62. The molecule has 0 aromatic carbocycles. The number of hydrogen-bond donors (Lipinski definition) is 1. The van der Waals surface area contributed by atoms with Crippen LogP contribution in [0.3, 0.4) is 0 Å². The van der Waals surface area contributed by atoms with E-state index in [0.29, 0.717) is 43.6 Å². The van der Waals surface area contributed by atoms with Crippen LogP contribution in [0.1, 0.15) is 35.2 Å². The van der Waals surface area contributed by atoms with Gasteiger partial charge < -0.3 is 19.2 Å². The number of aromatic hydroxyl groups is 1. The Hall–Kier alpha value is -2.59. The number of furan rings is 1. The van der Waals surface area contributed by atoms with Crippen LogP contribution in [-0.2, 0) is 4.74 Å². The smallest absolute Gasteiger partial charge is 0.409 e. The van der Waals surface area contributed by atoms with Crippen molar-refractivity contribution in [2.75, 3.05) is 32.8 Å². The molecular weight excluding hydrogens is 382 g/mol. The summed E-state index contributed by atoms with van der Waals surface area (Å²) in [7, 11) is 0. The fraction of sp³-hybridized carbons (Fsp3) is 0.500. The topological polar surface area (TPSA) is 96.3 Å². The molecule has 1 aliphatic heterocycles. The third-order valence-corrected chi connectivity index (χ3v) is 5.86. The van der Waals surface area contributed by atoms with Gasteiger partial charge in [-0.3, -0.25) is 4.90 Å². The molecule has 1 aliphatic rings. The average Bonchev–Trinajstić information content (AvgIpc) is 3.33. The number of piperazine rings is 1. The minimum atomic E-state index is -0.287. The van der Waals surface area contributed by atoms with Crippen molar-refractivity contribution in [2.45, 2.75) is 26.8 Å². The van der Waals surface area contributed by atoms with Gasteiger partial charge in [0.1, 0.15) is 23.4 Å². The Labute approximate surface area is 166 Å². The van der Waals surface area contributed by atoms with Gasteiger partial charge in [0.15, 0.2) is 0 Å². The monoisotopic (exact) mass is 405 g/mol. The van der Waals surface area contributed by atoms with Crippen LogP contribution in [0.4, 0.5) is 4.79 Å². The van der Waals surface area contributed by atoms with Gasteiger partial charge in [-0.2, -0.15) is 4.52 Å². The molecule has 1 saturated heterocycles. The van der Waals surface area contributed by atoms with Gasteiger partial charge in [0.05, 0.1) is 11.5 Å². The van der Waals surface area contributed by atoms with Crippen LogP contribution in [0.2, 0.25) is 0 Å². The van der Waals surface area contributed by atoms with Crippen LogP contribution in [0, 0.1) is 13.8 Å². The molecule has 9 nitrogen and oxygen atoms in total. The summed E-state index contributed by atoms with van der Waals surface area (Å²) >= 11 is 1.40. The lowest BCUT2D eigenvalue weighted by atomic mass is 10.1. The fourth-order valence-electron chi connectivity index (χ4n) is 3.48. The molecule has 150 valence electrons. The number of carbonyl (C=O) groups is 1. The molecule has 1 fully saturated rings. The van der Waals surface area contributed by atoms with Gasteiger partial charge >= 0.3 is 6.09 Å². The van der Waals surface area contributed by atoms with Crippen molar-refractivity contribution < 1.29 is 19.1 Å². The second-order valence-electron chi connectivity index (χ2n) is 6.72. The number of amides is 1. The Morgan fingerprint density at radius 2 is 2.07 bits per heavy atom. The predicted octanol–water partition coefficient (Wildman–Crippen LogP) is 2.57. The van der Waals surface area contributed by atoms with Crippen molar-refractivity contribution in [3.05, 3.63) is 34.4 Å². The molecule has 0 saturated carbocycles. The number of aryl methyl sites for hydroxylation is 2. The molecule has 3 aromatic heterocycles. The van der Waals surface area contributed by atoms with Crippen LogP contribution < -0.4 is 0 Å². The van der Waals surface area contributed by atoms with Crippen molar-refractivity contribution in [3.63, 3.8) is 0 Å². The van der Waals surface area contributed by atoms with E-state index in [1.165, 1.54) is 15.9 Å². The summed E-state index contributed by atoms with van der Waals surface area (Å²) in [6, 6.07) is 3.57. The summed E-state index contributed by atoms with van der Waals surface area (Å²) in [6.07, 6.45) is -0.287. The first kappa shape index (κ1) is 18.8. The molecule has 0 aliphatic carbocycles. The highest BCUT2D eigenvalue weighted by molar-refractivity contribution is 7.17. The van der Waals surface area contributed by atoms with E-state index in [2.05, 4.69) is 15.0 Å². The average molecular weight is 405 g/mol. The Kier molecular flexibility index (Phi) is 4.98. The number of aromatic nitrogens is 3. The zero-order valence-electron chi connectivity index (χ0n) is 16.1. The molecule has 28 heavy (non-hydrogen) atoms. The Bertz CT molecular complexity index is 986. The van der Waals surface area contributed by atoms with E-state index in [1.807, 2.05) is 19.1 Å². The molecule has 0 radical (unpaired) electrons. The van der Waals surface area contributed by atoms with Gasteiger partial charge in [-0.05, 0) is 32.9 Å². The lowest BCUT2D eigenvalue weighted by Gasteiger charge is -2.37. The highest BCUT2D eigenvalue weighted by Crippen LogP contribution is 2.40. The van der Waals surface area contributed by atoms with Crippen LogP contribution in [0.25, 0.3) is 4.96 Å². The van der Waals surface area contributed by atoms with Crippen LogP contribution in [0.15, 0.2) is 16.5 Å². The van der Waals surface area contributed by atoms with Crippen molar-refractivity contribution in [3.8, 4) is 5.88 Å². The van der Waals surface area contributed by atoms with Gasteiger partial charge in [-0.25, -0.2) is 9.78 Å². The van der Waals surface area contributed by atoms with E-state index in [9.17, 15) is 9.90 Å². The Morgan fingerprint density at radius 3 is 2.68 bits per heavy atom. The third-order valence-electron chi connectivity index (χ3n) is 4.79. The van der Waals surface area contributed by atoms with E-state index in [0.717, 1.165) is 16.4 Å². The van der Waals surface area contributed by atoms with E-state index in [1.54, 1.807) is 18.7 Å². The van der Waals surface area contributed by atoms with E-state index < -0.39 is 0 Å².